The van der Waals surface area contributed by atoms with Crippen molar-refractivity contribution in [1.29, 1.82) is 0 Å². The van der Waals surface area contributed by atoms with Crippen molar-refractivity contribution in [1.82, 2.24) is 10.3 Å². The summed E-state index contributed by atoms with van der Waals surface area (Å²) in [5.41, 5.74) is 1.72. The molecule has 78 valence electrons. The summed E-state index contributed by atoms with van der Waals surface area (Å²) in [5.74, 6) is 0.241. The van der Waals surface area contributed by atoms with E-state index in [9.17, 15) is 5.11 Å². The van der Waals surface area contributed by atoms with Crippen LogP contribution < -0.4 is 5.32 Å². The molecule has 0 aliphatic rings. The number of aromatic hydroxyl groups is 1. The topological polar surface area (TPSA) is 45.1 Å². The molecule has 3 heteroatoms. The highest BCUT2D eigenvalue weighted by molar-refractivity contribution is 5.84. The number of phenolic OH excluding ortho intramolecular Hbond substituents is 1. The number of nitrogens with zero attached hydrogens (tertiary/aromatic N) is 1. The molecule has 0 saturated heterocycles. The van der Waals surface area contributed by atoms with Crippen LogP contribution in [0.25, 0.3) is 10.9 Å². The van der Waals surface area contributed by atoms with Crippen LogP contribution in [0.1, 0.15) is 18.5 Å². The molecule has 1 aromatic heterocycles. The molecule has 1 unspecified atom stereocenters. The van der Waals surface area contributed by atoms with Crippen LogP contribution in [0.5, 0.6) is 5.75 Å². The summed E-state index contributed by atoms with van der Waals surface area (Å²) < 4.78 is 0. The van der Waals surface area contributed by atoms with Gasteiger partial charge in [0, 0.05) is 17.6 Å². The Morgan fingerprint density at radius 1 is 1.40 bits per heavy atom. The van der Waals surface area contributed by atoms with Crippen LogP contribution in [0.4, 0.5) is 0 Å². The highest BCUT2D eigenvalue weighted by Gasteiger charge is 2.07. The van der Waals surface area contributed by atoms with Crippen LogP contribution in [0.2, 0.25) is 0 Å². The largest absolute Gasteiger partial charge is 0.506 e. The molecule has 2 N–H and O–H groups in total. The fourth-order valence-electron chi connectivity index (χ4n) is 1.61. The van der Waals surface area contributed by atoms with E-state index in [1.165, 1.54) is 0 Å². The fourth-order valence-corrected chi connectivity index (χ4v) is 1.61. The zero-order valence-electron chi connectivity index (χ0n) is 8.86. The average molecular weight is 202 g/mol. The molecule has 1 atom stereocenters. The minimum atomic E-state index is 0.223. The van der Waals surface area contributed by atoms with Crippen molar-refractivity contribution < 1.29 is 5.11 Å². The van der Waals surface area contributed by atoms with Gasteiger partial charge in [0.15, 0.2) is 0 Å². The fraction of sp³-hybridized carbons (Fsp3) is 0.250. The quantitative estimate of drug-likeness (QED) is 0.784. The molecule has 2 rings (SSSR count). The summed E-state index contributed by atoms with van der Waals surface area (Å²) in [7, 11) is 1.90. The van der Waals surface area contributed by atoms with Gasteiger partial charge >= 0.3 is 0 Å². The van der Waals surface area contributed by atoms with Gasteiger partial charge in [-0.15, -0.1) is 0 Å². The van der Waals surface area contributed by atoms with E-state index < -0.39 is 0 Å². The van der Waals surface area contributed by atoms with Crippen molar-refractivity contribution in [3.05, 3.63) is 36.0 Å². The molecule has 0 aliphatic carbocycles. The number of hydrogen-bond donors (Lipinski definition) is 2. The number of benzene rings is 1. The Morgan fingerprint density at radius 3 is 2.93 bits per heavy atom. The smallest absolute Gasteiger partial charge is 0.142 e. The van der Waals surface area contributed by atoms with Crippen molar-refractivity contribution in [2.75, 3.05) is 7.05 Å². The van der Waals surface area contributed by atoms with Crippen LogP contribution in [-0.2, 0) is 0 Å². The maximum atomic E-state index is 9.81. The molecule has 0 saturated carbocycles. The first-order valence-corrected chi connectivity index (χ1v) is 4.97. The van der Waals surface area contributed by atoms with Crippen molar-refractivity contribution in [3.63, 3.8) is 0 Å². The van der Waals surface area contributed by atoms with Crippen LogP contribution in [0.3, 0.4) is 0 Å². The van der Waals surface area contributed by atoms with Gasteiger partial charge in [-0.25, -0.2) is 0 Å². The van der Waals surface area contributed by atoms with E-state index in [0.717, 1.165) is 10.9 Å². The highest BCUT2D eigenvalue weighted by atomic mass is 16.3. The van der Waals surface area contributed by atoms with Gasteiger partial charge in [-0.3, -0.25) is 4.98 Å². The van der Waals surface area contributed by atoms with E-state index in [1.54, 1.807) is 12.3 Å². The van der Waals surface area contributed by atoms with Crippen LogP contribution in [-0.4, -0.2) is 17.1 Å². The SMILES string of the molecule is CNC(C)c1cc(O)c2ncccc2c1. The second kappa shape index (κ2) is 3.87. The third-order valence-electron chi connectivity index (χ3n) is 2.64. The lowest BCUT2D eigenvalue weighted by Crippen LogP contribution is -2.12. The van der Waals surface area contributed by atoms with Gasteiger partial charge in [-0.05, 0) is 37.7 Å². The number of fused-ring (bicyclic) bond motifs is 1. The Morgan fingerprint density at radius 2 is 2.20 bits per heavy atom. The molecule has 0 fully saturated rings. The molecular formula is C12H14N2O. The summed E-state index contributed by atoms with van der Waals surface area (Å²) in [4.78, 5) is 4.14. The summed E-state index contributed by atoms with van der Waals surface area (Å²) in [5, 5.41) is 13.9. The molecule has 3 nitrogen and oxygen atoms in total. The van der Waals surface area contributed by atoms with Gasteiger partial charge < -0.3 is 10.4 Å². The zero-order valence-corrected chi connectivity index (χ0v) is 8.86. The molecule has 0 aliphatic heterocycles. The number of aromatic nitrogens is 1. The minimum Gasteiger partial charge on any atom is -0.506 e. The first-order chi connectivity index (χ1) is 7.22. The second-order valence-electron chi connectivity index (χ2n) is 3.63. The van der Waals surface area contributed by atoms with E-state index in [1.807, 2.05) is 25.2 Å². The normalized spacial score (nSPS) is 12.9. The second-order valence-corrected chi connectivity index (χ2v) is 3.63. The van der Waals surface area contributed by atoms with Gasteiger partial charge in [-0.2, -0.15) is 0 Å². The summed E-state index contributed by atoms with van der Waals surface area (Å²) in [6.07, 6.45) is 1.68. The summed E-state index contributed by atoms with van der Waals surface area (Å²) in [6.45, 7) is 2.05. The first kappa shape index (κ1) is 9.93. The first-order valence-electron chi connectivity index (χ1n) is 4.97. The number of hydrogen-bond acceptors (Lipinski definition) is 3. The van der Waals surface area contributed by atoms with Crippen LogP contribution in [0.15, 0.2) is 30.5 Å². The number of nitrogens with one attached hydrogen (secondary N) is 1. The lowest BCUT2D eigenvalue weighted by molar-refractivity contribution is 0.478. The van der Waals surface area contributed by atoms with Gasteiger partial charge in [0.25, 0.3) is 0 Å². The standard InChI is InChI=1S/C12H14N2O/c1-8(13-2)10-6-9-4-3-5-14-12(9)11(15)7-10/h3-8,13,15H,1-2H3. The molecule has 1 aromatic carbocycles. The van der Waals surface area contributed by atoms with Crippen molar-refractivity contribution in [3.8, 4) is 5.75 Å². The Bertz CT molecular complexity index is 482. The van der Waals surface area contributed by atoms with Gasteiger partial charge in [0.2, 0.25) is 0 Å². The van der Waals surface area contributed by atoms with Gasteiger partial charge in [0.05, 0.1) is 0 Å². The monoisotopic (exact) mass is 202 g/mol. The number of phenols is 1. The van der Waals surface area contributed by atoms with Crippen molar-refractivity contribution in [2.24, 2.45) is 0 Å². The van der Waals surface area contributed by atoms with Gasteiger partial charge in [-0.1, -0.05) is 6.07 Å². The molecule has 0 amide bonds. The Balaban J connectivity index is 2.62. The van der Waals surface area contributed by atoms with E-state index in [0.29, 0.717) is 5.52 Å². The van der Waals surface area contributed by atoms with Crippen LogP contribution in [0, 0.1) is 0 Å². The lowest BCUT2D eigenvalue weighted by atomic mass is 10.0. The van der Waals surface area contributed by atoms with E-state index >= 15 is 0 Å². The predicted molar refractivity (Wildman–Crippen MR) is 60.9 cm³/mol. The maximum Gasteiger partial charge on any atom is 0.142 e. The zero-order chi connectivity index (χ0) is 10.8. The Labute approximate surface area is 88.8 Å². The third-order valence-corrected chi connectivity index (χ3v) is 2.64. The molecule has 0 radical (unpaired) electrons. The molecular weight excluding hydrogens is 188 g/mol. The van der Waals surface area contributed by atoms with E-state index in [2.05, 4.69) is 17.2 Å². The van der Waals surface area contributed by atoms with Gasteiger partial charge in [0.1, 0.15) is 11.3 Å². The third kappa shape index (κ3) is 1.78. The Hall–Kier alpha value is -1.61. The lowest BCUT2D eigenvalue weighted by Gasteiger charge is -2.12. The summed E-state index contributed by atoms with van der Waals surface area (Å²) in [6, 6.07) is 7.85. The average Bonchev–Trinajstić information content (AvgIpc) is 2.28. The molecule has 0 bridgehead atoms. The number of rotatable bonds is 2. The summed E-state index contributed by atoms with van der Waals surface area (Å²) >= 11 is 0. The highest BCUT2D eigenvalue weighted by Crippen LogP contribution is 2.27. The molecule has 2 aromatic rings. The van der Waals surface area contributed by atoms with Crippen molar-refractivity contribution in [2.45, 2.75) is 13.0 Å². The van der Waals surface area contributed by atoms with E-state index in [4.69, 9.17) is 0 Å². The minimum absolute atomic E-state index is 0.223. The maximum absolute atomic E-state index is 9.81. The van der Waals surface area contributed by atoms with Crippen molar-refractivity contribution >= 4 is 10.9 Å². The predicted octanol–water partition coefficient (Wildman–Crippen LogP) is 2.22. The van der Waals surface area contributed by atoms with Crippen LogP contribution >= 0.6 is 0 Å². The van der Waals surface area contributed by atoms with E-state index in [-0.39, 0.29) is 11.8 Å². The Kier molecular flexibility index (Phi) is 2.56. The molecule has 1 heterocycles. The molecule has 15 heavy (non-hydrogen) atoms. The molecule has 0 spiro atoms. The number of pyridine rings is 1.